The number of hydrogen-bond donors (Lipinski definition) is 0. The van der Waals surface area contributed by atoms with E-state index in [1.165, 1.54) is 37.7 Å². The van der Waals surface area contributed by atoms with Gasteiger partial charge >= 0.3 is 0 Å². The molecule has 0 N–H and O–H groups in total. The van der Waals surface area contributed by atoms with Gasteiger partial charge < -0.3 is 4.42 Å². The summed E-state index contributed by atoms with van der Waals surface area (Å²) in [5.74, 6) is 2.34. The van der Waals surface area contributed by atoms with E-state index >= 15 is 4.39 Å². The fourth-order valence-electron chi connectivity index (χ4n) is 6.62. The average Bonchev–Trinajstić information content (AvgIpc) is 3.29. The summed E-state index contributed by atoms with van der Waals surface area (Å²) in [6, 6.07) is 24.0. The third kappa shape index (κ3) is 3.74. The molecule has 2 nitrogen and oxygen atoms in total. The first-order chi connectivity index (χ1) is 17.2. The number of pyridine rings is 1. The standard InChI is InChI=1S/C32H28FNO/c33-29-18-26(22-4-2-1-3-5-22)17-28-27-11-10-24(19-31(27)35-32(28)29)30-16-21(12-13-34-30)15-25-14-20-6-8-23(25)9-7-20/h1-5,10-13,16-20,23,25H,6-9,14-15H2. The molecule has 8 rings (SSSR count). The Morgan fingerprint density at radius 2 is 1.66 bits per heavy atom. The summed E-state index contributed by atoms with van der Waals surface area (Å²) >= 11 is 0. The van der Waals surface area contributed by atoms with E-state index in [0.717, 1.165) is 57.3 Å². The Morgan fingerprint density at radius 3 is 2.46 bits per heavy atom. The van der Waals surface area contributed by atoms with Crippen molar-refractivity contribution in [3.05, 3.63) is 90.4 Å². The molecule has 5 aromatic rings. The van der Waals surface area contributed by atoms with Gasteiger partial charge in [-0.2, -0.15) is 0 Å². The Balaban J connectivity index is 1.23. The van der Waals surface area contributed by atoms with Gasteiger partial charge in [0.2, 0.25) is 0 Å². The summed E-state index contributed by atoms with van der Waals surface area (Å²) in [7, 11) is 0. The van der Waals surface area contributed by atoms with Gasteiger partial charge in [0, 0.05) is 22.5 Å². The van der Waals surface area contributed by atoms with Crippen LogP contribution in [0, 0.1) is 23.6 Å². The number of rotatable bonds is 4. The predicted octanol–water partition coefficient (Wildman–Crippen LogP) is 8.82. The first kappa shape index (κ1) is 20.9. The maximum atomic E-state index is 15.0. The second-order valence-corrected chi connectivity index (χ2v) is 10.5. The summed E-state index contributed by atoms with van der Waals surface area (Å²) in [6.07, 6.45) is 10.2. The fraction of sp³-hybridized carbons (Fsp3) is 0.281. The molecular formula is C32H28FNO. The van der Waals surface area contributed by atoms with E-state index in [0.29, 0.717) is 11.2 Å². The zero-order valence-electron chi connectivity index (χ0n) is 19.7. The molecule has 3 aliphatic rings. The van der Waals surface area contributed by atoms with Crippen molar-refractivity contribution in [2.24, 2.45) is 17.8 Å². The van der Waals surface area contributed by atoms with Gasteiger partial charge in [-0.1, -0.05) is 49.2 Å². The van der Waals surface area contributed by atoms with Crippen molar-refractivity contribution in [3.8, 4) is 22.4 Å². The molecule has 0 aliphatic heterocycles. The predicted molar refractivity (Wildman–Crippen MR) is 140 cm³/mol. The summed E-state index contributed by atoms with van der Waals surface area (Å²) in [5, 5.41) is 1.73. The summed E-state index contributed by atoms with van der Waals surface area (Å²) in [6.45, 7) is 0. The number of furan rings is 1. The van der Waals surface area contributed by atoms with Gasteiger partial charge in [0.1, 0.15) is 5.58 Å². The summed E-state index contributed by atoms with van der Waals surface area (Å²) < 4.78 is 21.0. The van der Waals surface area contributed by atoms with E-state index < -0.39 is 0 Å². The number of aromatic nitrogens is 1. The minimum Gasteiger partial charge on any atom is -0.453 e. The molecule has 1 unspecified atom stereocenters. The van der Waals surface area contributed by atoms with Crippen LogP contribution < -0.4 is 0 Å². The Labute approximate surface area is 204 Å². The highest BCUT2D eigenvalue weighted by Gasteiger charge is 2.35. The van der Waals surface area contributed by atoms with Crippen LogP contribution in [-0.4, -0.2) is 4.98 Å². The minimum atomic E-state index is -0.332. The van der Waals surface area contributed by atoms with Crippen LogP contribution in [0.4, 0.5) is 4.39 Å². The quantitative estimate of drug-likeness (QED) is 0.267. The number of hydrogen-bond acceptors (Lipinski definition) is 2. The van der Waals surface area contributed by atoms with Crippen LogP contribution in [0.5, 0.6) is 0 Å². The molecule has 2 bridgehead atoms. The third-order valence-corrected chi connectivity index (χ3v) is 8.45. The van der Waals surface area contributed by atoms with Crippen molar-refractivity contribution in [1.82, 2.24) is 4.98 Å². The number of halogens is 1. The SMILES string of the molecule is Fc1cc(-c2ccccc2)cc2c1oc1cc(-c3cc(CC4CC5CCC4CC5)ccn3)ccc12. The monoisotopic (exact) mass is 461 g/mol. The van der Waals surface area contributed by atoms with Gasteiger partial charge in [-0.05, 0) is 96.5 Å². The van der Waals surface area contributed by atoms with Crippen molar-refractivity contribution in [1.29, 1.82) is 0 Å². The molecule has 35 heavy (non-hydrogen) atoms. The van der Waals surface area contributed by atoms with E-state index in [4.69, 9.17) is 4.42 Å². The van der Waals surface area contributed by atoms with Crippen molar-refractivity contribution >= 4 is 21.9 Å². The second-order valence-electron chi connectivity index (χ2n) is 10.5. The Hall–Kier alpha value is -3.46. The fourth-order valence-corrected chi connectivity index (χ4v) is 6.62. The summed E-state index contributed by atoms with van der Waals surface area (Å²) in [5.41, 5.74) is 6.18. The van der Waals surface area contributed by atoms with E-state index in [1.807, 2.05) is 54.7 Å². The number of benzene rings is 3. The Morgan fingerprint density at radius 1 is 0.800 bits per heavy atom. The van der Waals surface area contributed by atoms with E-state index in [9.17, 15) is 0 Å². The lowest BCUT2D eigenvalue weighted by Gasteiger charge is -2.42. The van der Waals surface area contributed by atoms with Gasteiger partial charge in [-0.25, -0.2) is 4.39 Å². The van der Waals surface area contributed by atoms with Gasteiger partial charge in [0.25, 0.3) is 0 Å². The lowest BCUT2D eigenvalue weighted by molar-refractivity contribution is 0.0991. The van der Waals surface area contributed by atoms with Crippen LogP contribution in [0.1, 0.15) is 37.7 Å². The second kappa shape index (κ2) is 8.34. The number of fused-ring (bicyclic) bond motifs is 6. The van der Waals surface area contributed by atoms with Crippen molar-refractivity contribution < 1.29 is 8.81 Å². The smallest absolute Gasteiger partial charge is 0.171 e. The molecule has 2 heterocycles. The Bertz CT molecular complexity index is 1530. The normalized spacial score (nSPS) is 21.7. The van der Waals surface area contributed by atoms with Gasteiger partial charge in [-0.15, -0.1) is 0 Å². The third-order valence-electron chi connectivity index (χ3n) is 8.45. The van der Waals surface area contributed by atoms with E-state index in [1.54, 1.807) is 6.07 Å². The molecule has 0 amide bonds. The highest BCUT2D eigenvalue weighted by Crippen LogP contribution is 2.46. The molecule has 0 saturated heterocycles. The maximum Gasteiger partial charge on any atom is 0.171 e. The highest BCUT2D eigenvalue weighted by molar-refractivity contribution is 6.07. The van der Waals surface area contributed by atoms with Crippen LogP contribution in [0.25, 0.3) is 44.3 Å². The average molecular weight is 462 g/mol. The molecular weight excluding hydrogens is 433 g/mol. The zero-order valence-corrected chi connectivity index (χ0v) is 19.7. The van der Waals surface area contributed by atoms with Crippen LogP contribution >= 0.6 is 0 Å². The van der Waals surface area contributed by atoms with Crippen LogP contribution in [0.15, 0.2) is 83.4 Å². The largest absolute Gasteiger partial charge is 0.453 e. The van der Waals surface area contributed by atoms with Gasteiger partial charge in [-0.3, -0.25) is 4.98 Å². The topological polar surface area (TPSA) is 26.0 Å². The van der Waals surface area contributed by atoms with E-state index in [2.05, 4.69) is 23.2 Å². The van der Waals surface area contributed by atoms with Crippen molar-refractivity contribution in [2.45, 2.75) is 38.5 Å². The molecule has 0 radical (unpaired) electrons. The van der Waals surface area contributed by atoms with Crippen LogP contribution in [-0.2, 0) is 6.42 Å². The highest BCUT2D eigenvalue weighted by atomic mass is 19.1. The zero-order chi connectivity index (χ0) is 23.4. The van der Waals surface area contributed by atoms with Gasteiger partial charge in [0.15, 0.2) is 11.4 Å². The lowest BCUT2D eigenvalue weighted by atomic mass is 9.63. The van der Waals surface area contributed by atoms with Crippen LogP contribution in [0.3, 0.4) is 0 Å². The molecule has 3 fully saturated rings. The number of nitrogens with zero attached hydrogens (tertiary/aromatic N) is 1. The molecule has 1 atom stereocenters. The molecule has 3 saturated carbocycles. The minimum absolute atomic E-state index is 0.311. The summed E-state index contributed by atoms with van der Waals surface area (Å²) in [4.78, 5) is 4.67. The molecule has 2 aromatic heterocycles. The van der Waals surface area contributed by atoms with Gasteiger partial charge in [0.05, 0.1) is 5.69 Å². The Kier molecular flexibility index (Phi) is 4.97. The van der Waals surface area contributed by atoms with Crippen molar-refractivity contribution in [3.63, 3.8) is 0 Å². The van der Waals surface area contributed by atoms with Crippen LogP contribution in [0.2, 0.25) is 0 Å². The van der Waals surface area contributed by atoms with E-state index in [-0.39, 0.29) is 5.82 Å². The van der Waals surface area contributed by atoms with Crippen molar-refractivity contribution in [2.75, 3.05) is 0 Å². The first-order valence-corrected chi connectivity index (χ1v) is 12.9. The first-order valence-electron chi connectivity index (χ1n) is 12.9. The maximum absolute atomic E-state index is 15.0. The molecule has 0 spiro atoms. The molecule has 3 aliphatic carbocycles. The molecule has 3 aromatic carbocycles. The molecule has 3 heteroatoms. The molecule has 174 valence electrons. The lowest BCUT2D eigenvalue weighted by Crippen LogP contribution is -2.32.